The molecule has 1 aromatic heterocycles. The molecule has 0 radical (unpaired) electrons. The van der Waals surface area contributed by atoms with Gasteiger partial charge in [-0.15, -0.1) is 23.1 Å². The van der Waals surface area contributed by atoms with Crippen molar-refractivity contribution in [3.8, 4) is 0 Å². The van der Waals surface area contributed by atoms with E-state index in [0.717, 1.165) is 29.1 Å². The second-order valence-electron chi connectivity index (χ2n) is 10.2. The van der Waals surface area contributed by atoms with E-state index in [1.54, 1.807) is 0 Å². The Kier molecular flexibility index (Phi) is 7.29. The number of rotatable bonds is 4. The summed E-state index contributed by atoms with van der Waals surface area (Å²) < 4.78 is 5.11. The first kappa shape index (κ1) is 25.4. The molecule has 0 saturated carbocycles. The summed E-state index contributed by atoms with van der Waals surface area (Å²) in [5, 5.41) is 26.5. The number of aliphatic carboxylic acids is 1. The molecular formula is C25H34N2O5S2. The van der Waals surface area contributed by atoms with Gasteiger partial charge < -0.3 is 20.3 Å². The highest BCUT2D eigenvalue weighted by Crippen LogP contribution is 2.53. The van der Waals surface area contributed by atoms with E-state index in [0.29, 0.717) is 25.9 Å². The molecule has 3 aliphatic rings. The maximum absolute atomic E-state index is 13.1. The van der Waals surface area contributed by atoms with Crippen LogP contribution in [0.5, 0.6) is 0 Å². The topological polar surface area (TPSA) is 112 Å². The number of aromatic nitrogens is 1. The molecule has 4 rings (SSSR count). The Morgan fingerprint density at radius 1 is 1.38 bits per heavy atom. The van der Waals surface area contributed by atoms with Crippen molar-refractivity contribution in [1.82, 2.24) is 10.3 Å². The smallest absolute Gasteiger partial charge is 0.304 e. The zero-order chi connectivity index (χ0) is 24.6. The second-order valence-corrected chi connectivity index (χ2v) is 12.7. The lowest BCUT2D eigenvalue weighted by Crippen LogP contribution is -2.51. The normalized spacial score (nSPS) is 36.1. The van der Waals surface area contributed by atoms with E-state index in [1.165, 1.54) is 23.1 Å². The first-order valence-corrected chi connectivity index (χ1v) is 13.7. The molecular weight excluding hydrogens is 472 g/mol. The van der Waals surface area contributed by atoms with E-state index in [4.69, 9.17) is 9.72 Å². The van der Waals surface area contributed by atoms with Gasteiger partial charge in [-0.3, -0.25) is 9.59 Å². The molecule has 0 unspecified atom stereocenters. The number of aliphatic hydroxyl groups is 1. The van der Waals surface area contributed by atoms with Crippen LogP contribution >= 0.6 is 23.1 Å². The number of hydrogen-bond donors (Lipinski definition) is 3. The van der Waals surface area contributed by atoms with Gasteiger partial charge in [-0.2, -0.15) is 0 Å². The van der Waals surface area contributed by atoms with Crippen molar-refractivity contribution in [1.29, 1.82) is 0 Å². The Hall–Kier alpha value is -1.68. The summed E-state index contributed by atoms with van der Waals surface area (Å²) >= 11 is 2.97. The Bertz CT molecular complexity index is 997. The van der Waals surface area contributed by atoms with Gasteiger partial charge >= 0.3 is 5.97 Å². The second kappa shape index (κ2) is 9.76. The van der Waals surface area contributed by atoms with Crippen molar-refractivity contribution in [2.24, 2.45) is 0 Å². The summed E-state index contributed by atoms with van der Waals surface area (Å²) in [6, 6.07) is -0.268. The van der Waals surface area contributed by atoms with Crippen LogP contribution in [0.15, 0.2) is 23.1 Å². The molecule has 3 N–H and O–H groups in total. The largest absolute Gasteiger partial charge is 0.481 e. The van der Waals surface area contributed by atoms with Crippen LogP contribution in [0.2, 0.25) is 0 Å². The monoisotopic (exact) mass is 506 g/mol. The molecule has 3 aliphatic heterocycles. The summed E-state index contributed by atoms with van der Waals surface area (Å²) in [6.07, 6.45) is 9.62. The molecule has 0 aromatic carbocycles. The van der Waals surface area contributed by atoms with Crippen LogP contribution in [0.1, 0.15) is 82.5 Å². The minimum atomic E-state index is -0.966. The molecule has 9 heteroatoms. The Balaban J connectivity index is 1.72. The predicted molar refractivity (Wildman–Crippen MR) is 135 cm³/mol. The quantitative estimate of drug-likeness (QED) is 0.516. The highest BCUT2D eigenvalue weighted by molar-refractivity contribution is 8.01. The van der Waals surface area contributed by atoms with Crippen LogP contribution in [0.3, 0.4) is 0 Å². The number of carbonyl (C=O) groups excluding carboxylic acids is 1. The lowest BCUT2D eigenvalue weighted by molar-refractivity contribution is -0.138. The fourth-order valence-corrected chi connectivity index (χ4v) is 7.60. The molecule has 4 heterocycles. The van der Waals surface area contributed by atoms with Crippen molar-refractivity contribution in [2.75, 3.05) is 6.61 Å². The lowest BCUT2D eigenvalue weighted by atomic mass is 9.83. The molecule has 2 fully saturated rings. The average molecular weight is 507 g/mol. The Morgan fingerprint density at radius 2 is 2.15 bits per heavy atom. The minimum absolute atomic E-state index is 0.0867. The molecule has 5 atom stereocenters. The van der Waals surface area contributed by atoms with Crippen molar-refractivity contribution >= 4 is 41.1 Å². The number of ether oxygens (including phenoxy) is 1. The minimum Gasteiger partial charge on any atom is -0.481 e. The number of nitrogens with one attached hydrogen (secondary N) is 1. The number of epoxide rings is 1. The zero-order valence-corrected chi connectivity index (χ0v) is 21.6. The first-order valence-electron chi connectivity index (χ1n) is 11.9. The third-order valence-electron chi connectivity index (χ3n) is 6.94. The van der Waals surface area contributed by atoms with E-state index < -0.39 is 21.9 Å². The highest BCUT2D eigenvalue weighted by Gasteiger charge is 2.54. The van der Waals surface area contributed by atoms with Crippen molar-refractivity contribution in [2.45, 2.75) is 93.0 Å². The van der Waals surface area contributed by atoms with E-state index in [9.17, 15) is 19.8 Å². The van der Waals surface area contributed by atoms with Crippen LogP contribution in [-0.2, 0) is 14.3 Å². The molecule has 34 heavy (non-hydrogen) atoms. The maximum atomic E-state index is 13.1. The van der Waals surface area contributed by atoms with Gasteiger partial charge in [-0.25, -0.2) is 4.98 Å². The number of carboxylic acid groups (broad SMARTS) is 1. The molecule has 186 valence electrons. The van der Waals surface area contributed by atoms with Crippen molar-refractivity contribution in [3.05, 3.63) is 33.8 Å². The van der Waals surface area contributed by atoms with Gasteiger partial charge in [0.05, 0.1) is 30.4 Å². The summed E-state index contributed by atoms with van der Waals surface area (Å²) in [4.78, 5) is 29.6. The number of hydrogen-bond acceptors (Lipinski definition) is 7. The molecule has 7 nitrogen and oxygen atoms in total. The highest BCUT2D eigenvalue weighted by atomic mass is 32.2. The molecule has 4 bridgehead atoms. The zero-order valence-electron chi connectivity index (χ0n) is 20.0. The van der Waals surface area contributed by atoms with Gasteiger partial charge in [0.25, 0.3) is 0 Å². The number of nitrogens with zero attached hydrogens (tertiary/aromatic N) is 1. The molecule has 0 aliphatic carbocycles. The molecule has 1 amide bonds. The molecule has 1 aromatic rings. The van der Waals surface area contributed by atoms with Crippen LogP contribution in [0.4, 0.5) is 0 Å². The molecule has 2 saturated heterocycles. The fourth-order valence-electron chi connectivity index (χ4n) is 4.83. The van der Waals surface area contributed by atoms with Gasteiger partial charge in [0.1, 0.15) is 10.6 Å². The van der Waals surface area contributed by atoms with Crippen LogP contribution in [-0.4, -0.2) is 54.9 Å². The third-order valence-corrected chi connectivity index (χ3v) is 9.93. The SMILES string of the molecule is CCCC1=Cc2csc(n2)[C@@H](C)NC(=O)C[C@]2(CC(=O)O)CC[C@](C)(O)[C@@H](C[C@]3(C=C1)CO3)S2. The Labute approximate surface area is 209 Å². The first-order chi connectivity index (χ1) is 16.0. The van der Waals surface area contributed by atoms with Crippen molar-refractivity contribution in [3.63, 3.8) is 0 Å². The standard InChI is InChI=1S/C25H34N2O5S2/c1-4-5-17-6-7-24(15-32-24)11-19-23(3,31)8-9-25(34-19,13-21(29)30)12-20(28)26-16(2)22-27-18(10-17)14-33-22/h6-7,10,14,16,19,31H,4-5,8-9,11-13,15H2,1-3H3,(H,26,28)(H,29,30)/t16-,19-,23+,24-,25+/m1/s1. The van der Waals surface area contributed by atoms with Gasteiger partial charge in [0, 0.05) is 21.8 Å². The lowest BCUT2D eigenvalue weighted by Gasteiger charge is -2.47. The number of thiazole rings is 1. The fraction of sp³-hybridized carbons (Fsp3) is 0.640. The maximum Gasteiger partial charge on any atom is 0.304 e. The average Bonchev–Trinajstić information content (AvgIpc) is 3.34. The van der Waals surface area contributed by atoms with E-state index in [2.05, 4.69) is 30.5 Å². The van der Waals surface area contributed by atoms with E-state index in [1.807, 2.05) is 19.2 Å². The van der Waals surface area contributed by atoms with E-state index >= 15 is 0 Å². The van der Waals surface area contributed by atoms with Gasteiger partial charge in [0.2, 0.25) is 5.91 Å². The summed E-state index contributed by atoms with van der Waals surface area (Å²) in [7, 11) is 0. The van der Waals surface area contributed by atoms with Gasteiger partial charge in [-0.1, -0.05) is 25.5 Å². The number of allylic oxidation sites excluding steroid dienone is 2. The van der Waals surface area contributed by atoms with Crippen LogP contribution in [0.25, 0.3) is 6.08 Å². The van der Waals surface area contributed by atoms with Crippen molar-refractivity contribution < 1.29 is 24.5 Å². The van der Waals surface area contributed by atoms with Gasteiger partial charge in [0.15, 0.2) is 0 Å². The van der Waals surface area contributed by atoms with Crippen LogP contribution < -0.4 is 5.32 Å². The summed E-state index contributed by atoms with van der Waals surface area (Å²) in [6.45, 7) is 6.43. The summed E-state index contributed by atoms with van der Waals surface area (Å²) in [5.41, 5.74) is 0.583. The number of amides is 1. The number of carbonyl (C=O) groups is 2. The van der Waals surface area contributed by atoms with Gasteiger partial charge in [-0.05, 0) is 51.2 Å². The third kappa shape index (κ3) is 5.93. The Morgan fingerprint density at radius 3 is 2.82 bits per heavy atom. The number of fused-ring (bicyclic) bond motifs is 4. The van der Waals surface area contributed by atoms with Crippen LogP contribution in [0, 0.1) is 0 Å². The molecule has 1 spiro atoms. The number of thioether (sulfide) groups is 1. The predicted octanol–water partition coefficient (Wildman–Crippen LogP) is 4.48. The number of carboxylic acids is 1. The summed E-state index contributed by atoms with van der Waals surface area (Å²) in [5.74, 6) is -1.12. The van der Waals surface area contributed by atoms with E-state index in [-0.39, 0.29) is 30.0 Å².